The van der Waals surface area contributed by atoms with Gasteiger partial charge < -0.3 is 14.6 Å². The van der Waals surface area contributed by atoms with Crippen LogP contribution in [-0.2, 0) is 0 Å². The van der Waals surface area contributed by atoms with Crippen LogP contribution in [0, 0.1) is 12.8 Å². The highest BCUT2D eigenvalue weighted by Crippen LogP contribution is 2.26. The number of likely N-dealkylation sites (tertiary alicyclic amines) is 2. The summed E-state index contributed by atoms with van der Waals surface area (Å²) in [5, 5.41) is 3.62. The molecule has 134 valence electrons. The number of piperidine rings is 1. The first-order valence-electron chi connectivity index (χ1n) is 9.43. The molecule has 0 radical (unpaired) electrons. The lowest BCUT2D eigenvalue weighted by atomic mass is 10.0. The molecule has 1 N–H and O–H groups in total. The minimum Gasteiger partial charge on any atom is -0.465 e. The van der Waals surface area contributed by atoms with E-state index in [0.717, 1.165) is 56.1 Å². The fourth-order valence-electron chi connectivity index (χ4n) is 4.00. The van der Waals surface area contributed by atoms with Crippen LogP contribution in [-0.4, -0.2) is 55.5 Å². The minimum atomic E-state index is 0.292. The van der Waals surface area contributed by atoms with Crippen molar-refractivity contribution in [2.75, 3.05) is 39.8 Å². The topological polar surface area (TPSA) is 44.0 Å². The third kappa shape index (κ3) is 4.12. The Morgan fingerprint density at radius 1 is 1.29 bits per heavy atom. The van der Waals surface area contributed by atoms with Gasteiger partial charge >= 0.3 is 0 Å². The Bertz CT molecular complexity index is 547. The number of guanidine groups is 1. The summed E-state index contributed by atoms with van der Waals surface area (Å²) in [6, 6.07) is 4.49. The Hall–Kier alpha value is -1.49. The van der Waals surface area contributed by atoms with Crippen LogP contribution in [0.4, 0.5) is 0 Å². The van der Waals surface area contributed by atoms with E-state index in [4.69, 9.17) is 4.42 Å². The lowest BCUT2D eigenvalue weighted by Gasteiger charge is -2.35. The number of aryl methyl sites for hydroxylation is 1. The third-order valence-corrected chi connectivity index (χ3v) is 5.29. The van der Waals surface area contributed by atoms with Crippen molar-refractivity contribution in [3.63, 3.8) is 0 Å². The molecule has 0 spiro atoms. The van der Waals surface area contributed by atoms with Crippen molar-refractivity contribution in [3.8, 4) is 0 Å². The van der Waals surface area contributed by atoms with Crippen molar-refractivity contribution in [2.45, 2.75) is 45.6 Å². The molecule has 1 aromatic rings. The average Bonchev–Trinajstić information content (AvgIpc) is 3.24. The molecule has 3 rings (SSSR count). The summed E-state index contributed by atoms with van der Waals surface area (Å²) in [4.78, 5) is 9.47. The fourth-order valence-corrected chi connectivity index (χ4v) is 4.00. The zero-order valence-electron chi connectivity index (χ0n) is 15.4. The van der Waals surface area contributed by atoms with Gasteiger partial charge in [-0.15, -0.1) is 0 Å². The standard InChI is InChI=1S/C19H32N4O/c1-15-7-6-12-23(14-15)19(20-3)21-13-17(22-10-4-5-11-22)18-9-8-16(2)24-18/h8-9,15,17H,4-7,10-14H2,1-3H3,(H,20,21). The van der Waals surface area contributed by atoms with E-state index in [2.05, 4.69) is 39.2 Å². The van der Waals surface area contributed by atoms with E-state index >= 15 is 0 Å². The molecule has 2 aliphatic rings. The van der Waals surface area contributed by atoms with Crippen molar-refractivity contribution in [1.82, 2.24) is 15.1 Å². The van der Waals surface area contributed by atoms with E-state index in [1.165, 1.54) is 25.7 Å². The van der Waals surface area contributed by atoms with Crippen molar-refractivity contribution in [3.05, 3.63) is 23.7 Å². The molecule has 0 aromatic carbocycles. The van der Waals surface area contributed by atoms with Crippen LogP contribution in [0.15, 0.2) is 21.5 Å². The van der Waals surface area contributed by atoms with Crippen molar-refractivity contribution >= 4 is 5.96 Å². The van der Waals surface area contributed by atoms with Gasteiger partial charge in [0.25, 0.3) is 0 Å². The Balaban J connectivity index is 1.65. The van der Waals surface area contributed by atoms with E-state index in [9.17, 15) is 0 Å². The SMILES string of the molecule is CN=C(NCC(c1ccc(C)o1)N1CCCC1)N1CCCC(C)C1. The first-order valence-corrected chi connectivity index (χ1v) is 9.43. The molecule has 5 heteroatoms. The van der Waals surface area contributed by atoms with Gasteiger partial charge in [0.15, 0.2) is 5.96 Å². The Morgan fingerprint density at radius 3 is 2.71 bits per heavy atom. The van der Waals surface area contributed by atoms with Gasteiger partial charge in [-0.3, -0.25) is 9.89 Å². The van der Waals surface area contributed by atoms with Crippen LogP contribution >= 0.6 is 0 Å². The Morgan fingerprint density at radius 2 is 2.08 bits per heavy atom. The van der Waals surface area contributed by atoms with E-state index in [1.54, 1.807) is 0 Å². The number of aliphatic imine (C=N–C) groups is 1. The molecule has 0 bridgehead atoms. The number of nitrogens with one attached hydrogen (secondary N) is 1. The normalized spacial score (nSPS) is 24.4. The zero-order chi connectivity index (χ0) is 16.9. The van der Waals surface area contributed by atoms with Crippen molar-refractivity contribution in [1.29, 1.82) is 0 Å². The second-order valence-electron chi connectivity index (χ2n) is 7.33. The predicted octanol–water partition coefficient (Wildman–Crippen LogP) is 3.03. The van der Waals surface area contributed by atoms with Gasteiger partial charge in [0.05, 0.1) is 6.04 Å². The van der Waals surface area contributed by atoms with Crippen molar-refractivity contribution < 1.29 is 4.42 Å². The zero-order valence-corrected chi connectivity index (χ0v) is 15.4. The quantitative estimate of drug-likeness (QED) is 0.680. The van der Waals surface area contributed by atoms with Crippen LogP contribution in [0.25, 0.3) is 0 Å². The van der Waals surface area contributed by atoms with Crippen molar-refractivity contribution in [2.24, 2.45) is 10.9 Å². The van der Waals surface area contributed by atoms with E-state index < -0.39 is 0 Å². The van der Waals surface area contributed by atoms with Crippen LogP contribution < -0.4 is 5.32 Å². The molecule has 2 saturated heterocycles. The van der Waals surface area contributed by atoms with Gasteiger partial charge in [-0.05, 0) is 63.7 Å². The van der Waals surface area contributed by atoms with E-state index in [1.807, 2.05) is 14.0 Å². The van der Waals surface area contributed by atoms with Gasteiger partial charge in [-0.25, -0.2) is 0 Å². The molecule has 2 fully saturated rings. The maximum absolute atomic E-state index is 5.95. The Kier molecular flexibility index (Phi) is 5.82. The highest BCUT2D eigenvalue weighted by Gasteiger charge is 2.27. The van der Waals surface area contributed by atoms with Crippen LogP contribution in [0.1, 0.15) is 50.2 Å². The molecule has 2 atom stereocenters. The number of nitrogens with zero attached hydrogens (tertiary/aromatic N) is 3. The molecular weight excluding hydrogens is 300 g/mol. The summed E-state index contributed by atoms with van der Waals surface area (Å²) in [6.45, 7) is 9.73. The molecule has 2 unspecified atom stereocenters. The highest BCUT2D eigenvalue weighted by atomic mass is 16.3. The molecule has 0 aliphatic carbocycles. The largest absolute Gasteiger partial charge is 0.465 e. The second kappa shape index (κ2) is 8.06. The summed E-state index contributed by atoms with van der Waals surface area (Å²) < 4.78 is 5.95. The van der Waals surface area contributed by atoms with Crippen LogP contribution in [0.5, 0.6) is 0 Å². The first-order chi connectivity index (χ1) is 11.7. The smallest absolute Gasteiger partial charge is 0.193 e. The molecule has 0 amide bonds. The van der Waals surface area contributed by atoms with Gasteiger partial charge in [-0.2, -0.15) is 0 Å². The number of hydrogen-bond donors (Lipinski definition) is 1. The first kappa shape index (κ1) is 17.3. The van der Waals surface area contributed by atoms with Gasteiger partial charge in [0.2, 0.25) is 0 Å². The summed E-state index contributed by atoms with van der Waals surface area (Å²) in [6.07, 6.45) is 5.16. The highest BCUT2D eigenvalue weighted by molar-refractivity contribution is 5.80. The number of rotatable bonds is 4. The third-order valence-electron chi connectivity index (χ3n) is 5.29. The Labute approximate surface area is 146 Å². The summed E-state index contributed by atoms with van der Waals surface area (Å²) in [5.74, 6) is 3.85. The molecule has 3 heterocycles. The second-order valence-corrected chi connectivity index (χ2v) is 7.33. The minimum absolute atomic E-state index is 0.292. The van der Waals surface area contributed by atoms with E-state index in [0.29, 0.717) is 6.04 Å². The van der Waals surface area contributed by atoms with E-state index in [-0.39, 0.29) is 0 Å². The molecule has 5 nitrogen and oxygen atoms in total. The molecular formula is C19H32N4O. The summed E-state index contributed by atoms with van der Waals surface area (Å²) in [5.41, 5.74) is 0. The lowest BCUT2D eigenvalue weighted by Crippen LogP contribution is -2.48. The fraction of sp³-hybridized carbons (Fsp3) is 0.737. The molecule has 2 aliphatic heterocycles. The van der Waals surface area contributed by atoms with Crippen LogP contribution in [0.2, 0.25) is 0 Å². The maximum atomic E-state index is 5.95. The molecule has 0 saturated carbocycles. The van der Waals surface area contributed by atoms with Gasteiger partial charge in [0, 0.05) is 26.7 Å². The molecule has 1 aromatic heterocycles. The average molecular weight is 332 g/mol. The maximum Gasteiger partial charge on any atom is 0.193 e. The van der Waals surface area contributed by atoms with Gasteiger partial charge in [-0.1, -0.05) is 6.92 Å². The number of hydrogen-bond acceptors (Lipinski definition) is 3. The monoisotopic (exact) mass is 332 g/mol. The van der Waals surface area contributed by atoms with Crippen LogP contribution in [0.3, 0.4) is 0 Å². The summed E-state index contributed by atoms with van der Waals surface area (Å²) >= 11 is 0. The van der Waals surface area contributed by atoms with Gasteiger partial charge in [0.1, 0.15) is 11.5 Å². The summed E-state index contributed by atoms with van der Waals surface area (Å²) in [7, 11) is 1.89. The predicted molar refractivity (Wildman–Crippen MR) is 98.3 cm³/mol. The number of furan rings is 1. The lowest BCUT2D eigenvalue weighted by molar-refractivity contribution is 0.209. The molecule has 24 heavy (non-hydrogen) atoms.